The number of carbonyl (C=O) groups excluding carboxylic acids is 1. The maximum atomic E-state index is 11.4. The second kappa shape index (κ2) is 5.72. The van der Waals surface area contributed by atoms with Gasteiger partial charge < -0.3 is 14.8 Å². The van der Waals surface area contributed by atoms with Crippen molar-refractivity contribution < 1.29 is 14.3 Å². The van der Waals surface area contributed by atoms with E-state index in [1.807, 2.05) is 18.2 Å². The van der Waals surface area contributed by atoms with Crippen molar-refractivity contribution in [3.63, 3.8) is 0 Å². The lowest BCUT2D eigenvalue weighted by Crippen LogP contribution is -2.48. The molecule has 0 aromatic heterocycles. The first-order valence-electron chi connectivity index (χ1n) is 6.51. The van der Waals surface area contributed by atoms with Crippen molar-refractivity contribution in [2.45, 2.75) is 37.5 Å². The minimum atomic E-state index is -0.393. The number of methoxy groups -OCH3 is 2. The normalized spacial score (nSPS) is 26.8. The summed E-state index contributed by atoms with van der Waals surface area (Å²) in [6, 6.07) is 10.0. The summed E-state index contributed by atoms with van der Waals surface area (Å²) < 4.78 is 11.0. The van der Waals surface area contributed by atoms with Gasteiger partial charge in [0.1, 0.15) is 5.60 Å². The molecule has 1 N–H and O–H groups in total. The molecule has 1 aliphatic rings. The Morgan fingerprint density at radius 1 is 1.42 bits per heavy atom. The maximum Gasteiger partial charge on any atom is 0.217 e. The molecule has 0 bridgehead atoms. The van der Waals surface area contributed by atoms with Crippen LogP contribution in [0.25, 0.3) is 0 Å². The third kappa shape index (κ3) is 2.96. The van der Waals surface area contributed by atoms with E-state index in [0.717, 1.165) is 12.8 Å². The molecule has 3 atom stereocenters. The van der Waals surface area contributed by atoms with Crippen molar-refractivity contribution in [2.24, 2.45) is 0 Å². The maximum absolute atomic E-state index is 11.4. The molecule has 19 heavy (non-hydrogen) atoms. The third-order valence-corrected chi connectivity index (χ3v) is 3.80. The lowest BCUT2D eigenvalue weighted by molar-refractivity contribution is -0.121. The average Bonchev–Trinajstić information content (AvgIpc) is 3.14. The molecule has 1 amide bonds. The number of rotatable bonds is 6. The molecule has 0 aliphatic heterocycles. The van der Waals surface area contributed by atoms with Crippen LogP contribution in [-0.4, -0.2) is 37.9 Å². The van der Waals surface area contributed by atoms with E-state index in [1.165, 1.54) is 12.5 Å². The van der Waals surface area contributed by atoms with E-state index in [1.54, 1.807) is 14.2 Å². The zero-order valence-electron chi connectivity index (χ0n) is 11.7. The van der Waals surface area contributed by atoms with E-state index in [9.17, 15) is 4.79 Å². The van der Waals surface area contributed by atoms with E-state index in [-0.39, 0.29) is 18.1 Å². The van der Waals surface area contributed by atoms with Crippen molar-refractivity contribution in [1.29, 1.82) is 0 Å². The van der Waals surface area contributed by atoms with Gasteiger partial charge in [-0.1, -0.05) is 30.3 Å². The first-order valence-corrected chi connectivity index (χ1v) is 6.51. The van der Waals surface area contributed by atoms with Crippen LogP contribution < -0.4 is 5.32 Å². The lowest BCUT2D eigenvalue weighted by atomic mass is 9.99. The fraction of sp³-hybridized carbons (Fsp3) is 0.533. The van der Waals surface area contributed by atoms with Crippen LogP contribution in [-0.2, 0) is 20.7 Å². The predicted molar refractivity (Wildman–Crippen MR) is 72.9 cm³/mol. The van der Waals surface area contributed by atoms with Gasteiger partial charge in [0, 0.05) is 27.6 Å². The van der Waals surface area contributed by atoms with Crippen LogP contribution in [0.4, 0.5) is 0 Å². The second-order valence-corrected chi connectivity index (χ2v) is 5.03. The molecule has 2 rings (SSSR count). The Hall–Kier alpha value is -1.39. The quantitative estimate of drug-likeness (QED) is 0.847. The SMILES string of the molecule is COC1CC1(OC)C(Cc1ccccc1)NC(C)=O. The van der Waals surface area contributed by atoms with Gasteiger partial charge in [-0.2, -0.15) is 0 Å². The van der Waals surface area contributed by atoms with Crippen LogP contribution in [0.3, 0.4) is 0 Å². The molecule has 3 unspecified atom stereocenters. The molecule has 0 radical (unpaired) electrons. The molecule has 4 heteroatoms. The zero-order valence-corrected chi connectivity index (χ0v) is 11.7. The molecule has 1 aromatic rings. The Morgan fingerprint density at radius 2 is 2.11 bits per heavy atom. The summed E-state index contributed by atoms with van der Waals surface area (Å²) in [5.41, 5.74) is 0.787. The number of amides is 1. The summed E-state index contributed by atoms with van der Waals surface area (Å²) in [6.45, 7) is 1.53. The van der Waals surface area contributed by atoms with Crippen molar-refractivity contribution in [3.8, 4) is 0 Å². The molecule has 1 fully saturated rings. The highest BCUT2D eigenvalue weighted by molar-refractivity contribution is 5.73. The molecular formula is C15H21NO3. The number of nitrogens with one attached hydrogen (secondary N) is 1. The average molecular weight is 263 g/mol. The van der Waals surface area contributed by atoms with Gasteiger partial charge in [-0.05, 0) is 12.0 Å². The van der Waals surface area contributed by atoms with Gasteiger partial charge in [0.2, 0.25) is 5.91 Å². The highest BCUT2D eigenvalue weighted by atomic mass is 16.6. The van der Waals surface area contributed by atoms with E-state index < -0.39 is 5.60 Å². The minimum Gasteiger partial charge on any atom is -0.378 e. The van der Waals surface area contributed by atoms with Gasteiger partial charge in [0.15, 0.2) is 0 Å². The summed E-state index contributed by atoms with van der Waals surface area (Å²) in [5, 5.41) is 3.00. The Labute approximate surface area is 114 Å². The van der Waals surface area contributed by atoms with Gasteiger partial charge in [0.05, 0.1) is 12.1 Å². The first-order chi connectivity index (χ1) is 9.12. The standard InChI is InChI=1S/C15H21NO3/c1-11(17)16-13(9-12-7-5-4-6-8-12)15(19-3)10-14(15)18-2/h4-8,13-14H,9-10H2,1-3H3,(H,16,17). The third-order valence-electron chi connectivity index (χ3n) is 3.80. The second-order valence-electron chi connectivity index (χ2n) is 5.03. The van der Waals surface area contributed by atoms with Crippen LogP contribution in [0.15, 0.2) is 30.3 Å². The highest BCUT2D eigenvalue weighted by Crippen LogP contribution is 2.45. The van der Waals surface area contributed by atoms with Crippen molar-refractivity contribution in [2.75, 3.05) is 14.2 Å². The number of hydrogen-bond donors (Lipinski definition) is 1. The van der Waals surface area contributed by atoms with Crippen LogP contribution >= 0.6 is 0 Å². The van der Waals surface area contributed by atoms with Gasteiger partial charge in [-0.3, -0.25) is 4.79 Å². The van der Waals surface area contributed by atoms with E-state index in [0.29, 0.717) is 0 Å². The molecular weight excluding hydrogens is 242 g/mol. The summed E-state index contributed by atoms with van der Waals surface area (Å²) in [4.78, 5) is 11.4. The molecule has 1 aliphatic carbocycles. The Bertz CT molecular complexity index is 434. The van der Waals surface area contributed by atoms with Gasteiger partial charge in [0.25, 0.3) is 0 Å². The minimum absolute atomic E-state index is 0.0425. The van der Waals surface area contributed by atoms with Crippen LogP contribution in [0.2, 0.25) is 0 Å². The number of carbonyl (C=O) groups is 1. The largest absolute Gasteiger partial charge is 0.378 e. The van der Waals surface area contributed by atoms with Crippen LogP contribution in [0, 0.1) is 0 Å². The molecule has 104 valence electrons. The predicted octanol–water partition coefficient (Wildman–Crippen LogP) is 1.54. The number of ether oxygens (including phenoxy) is 2. The first kappa shape index (κ1) is 14.0. The molecule has 1 saturated carbocycles. The summed E-state index contributed by atoms with van der Waals surface area (Å²) in [5.74, 6) is -0.0425. The molecule has 4 nitrogen and oxygen atoms in total. The lowest BCUT2D eigenvalue weighted by Gasteiger charge is -2.27. The summed E-state index contributed by atoms with van der Waals surface area (Å²) >= 11 is 0. The molecule has 0 heterocycles. The Kier molecular flexibility index (Phi) is 4.22. The van der Waals surface area contributed by atoms with Crippen molar-refractivity contribution in [3.05, 3.63) is 35.9 Å². The van der Waals surface area contributed by atoms with Crippen molar-refractivity contribution in [1.82, 2.24) is 5.32 Å². The van der Waals surface area contributed by atoms with Crippen LogP contribution in [0.5, 0.6) is 0 Å². The molecule has 0 saturated heterocycles. The van der Waals surface area contributed by atoms with Gasteiger partial charge >= 0.3 is 0 Å². The van der Waals surface area contributed by atoms with Gasteiger partial charge in [-0.15, -0.1) is 0 Å². The fourth-order valence-corrected chi connectivity index (χ4v) is 2.68. The Morgan fingerprint density at radius 3 is 2.58 bits per heavy atom. The number of hydrogen-bond acceptors (Lipinski definition) is 3. The molecule has 0 spiro atoms. The zero-order chi connectivity index (χ0) is 13.9. The fourth-order valence-electron chi connectivity index (χ4n) is 2.68. The molecule has 1 aromatic carbocycles. The van der Waals surface area contributed by atoms with E-state index in [2.05, 4.69) is 17.4 Å². The van der Waals surface area contributed by atoms with Gasteiger partial charge in [-0.25, -0.2) is 0 Å². The monoisotopic (exact) mass is 263 g/mol. The number of benzene rings is 1. The van der Waals surface area contributed by atoms with E-state index in [4.69, 9.17) is 9.47 Å². The van der Waals surface area contributed by atoms with E-state index >= 15 is 0 Å². The van der Waals surface area contributed by atoms with Crippen molar-refractivity contribution >= 4 is 5.91 Å². The smallest absolute Gasteiger partial charge is 0.217 e. The Balaban J connectivity index is 2.15. The summed E-state index contributed by atoms with van der Waals surface area (Å²) in [7, 11) is 3.36. The topological polar surface area (TPSA) is 47.6 Å². The van der Waals surface area contributed by atoms with Crippen LogP contribution in [0.1, 0.15) is 18.9 Å². The highest BCUT2D eigenvalue weighted by Gasteiger charge is 2.61. The summed E-state index contributed by atoms with van der Waals surface area (Å²) in [6.07, 6.45) is 1.62.